The van der Waals surface area contributed by atoms with E-state index >= 15 is 0 Å². The topological polar surface area (TPSA) is 64.8 Å². The van der Waals surface area contributed by atoms with Gasteiger partial charge in [-0.3, -0.25) is 4.79 Å². The molecule has 4 rings (SSSR count). The summed E-state index contributed by atoms with van der Waals surface area (Å²) in [7, 11) is 2.15. The lowest BCUT2D eigenvalue weighted by Gasteiger charge is -2.34. The van der Waals surface area contributed by atoms with Crippen LogP contribution in [0.3, 0.4) is 0 Å². The predicted molar refractivity (Wildman–Crippen MR) is 107 cm³/mol. The number of carbonyl (C=O) groups excluding carboxylic acids is 1. The Bertz CT molecular complexity index is 786. The van der Waals surface area contributed by atoms with Crippen molar-refractivity contribution in [2.75, 3.05) is 59.5 Å². The molecule has 0 bridgehead atoms. The number of piperazine rings is 1. The number of amides is 1. The van der Waals surface area contributed by atoms with E-state index in [1.54, 1.807) is 10.9 Å². The van der Waals surface area contributed by atoms with E-state index in [1.807, 2.05) is 41.4 Å². The van der Waals surface area contributed by atoms with Crippen molar-refractivity contribution in [3.05, 3.63) is 48.3 Å². The van der Waals surface area contributed by atoms with Crippen LogP contribution < -0.4 is 0 Å². The Balaban J connectivity index is 1.47. The van der Waals surface area contributed by atoms with Gasteiger partial charge >= 0.3 is 0 Å². The number of para-hydroxylation sites is 1. The van der Waals surface area contributed by atoms with E-state index in [0.717, 1.165) is 38.4 Å². The summed E-state index contributed by atoms with van der Waals surface area (Å²) in [5, 5.41) is 14.2. The molecule has 0 saturated carbocycles. The number of likely N-dealkylation sites (N-methyl/N-ethyl adjacent to an activating group) is 1. The summed E-state index contributed by atoms with van der Waals surface area (Å²) in [6.45, 7) is 6.66. The van der Waals surface area contributed by atoms with E-state index < -0.39 is 0 Å². The summed E-state index contributed by atoms with van der Waals surface area (Å²) in [5.74, 6) is 0.472. The molecule has 7 nitrogen and oxygen atoms in total. The molecule has 7 heteroatoms. The first-order valence-corrected chi connectivity index (χ1v) is 10.1. The average molecular weight is 383 g/mol. The summed E-state index contributed by atoms with van der Waals surface area (Å²) in [6, 6.07) is 9.44. The van der Waals surface area contributed by atoms with Crippen LogP contribution in [-0.2, 0) is 0 Å². The first-order valence-electron chi connectivity index (χ1n) is 10.1. The molecule has 1 amide bonds. The van der Waals surface area contributed by atoms with Crippen molar-refractivity contribution in [3.63, 3.8) is 0 Å². The van der Waals surface area contributed by atoms with Gasteiger partial charge in [-0.1, -0.05) is 12.1 Å². The quantitative estimate of drug-likeness (QED) is 0.828. The monoisotopic (exact) mass is 383 g/mol. The number of aliphatic hydroxyl groups excluding tert-OH is 1. The number of rotatable bonds is 5. The van der Waals surface area contributed by atoms with Crippen LogP contribution >= 0.6 is 0 Å². The number of nitrogens with zero attached hydrogens (tertiary/aromatic N) is 5. The van der Waals surface area contributed by atoms with Crippen molar-refractivity contribution in [2.24, 2.45) is 11.8 Å². The molecule has 0 radical (unpaired) electrons. The van der Waals surface area contributed by atoms with Gasteiger partial charge in [-0.05, 0) is 31.2 Å². The second-order valence-corrected chi connectivity index (χ2v) is 7.98. The summed E-state index contributed by atoms with van der Waals surface area (Å²) in [5.41, 5.74) is 1.45. The lowest BCUT2D eigenvalue weighted by molar-refractivity contribution is 0.0777. The van der Waals surface area contributed by atoms with Gasteiger partial charge in [0.05, 0.1) is 11.3 Å². The van der Waals surface area contributed by atoms with Crippen LogP contribution in [0.15, 0.2) is 42.7 Å². The third-order valence-electron chi connectivity index (χ3n) is 6.07. The molecular formula is C21H29N5O2. The Hall–Kier alpha value is -2.22. The molecule has 2 aromatic rings. The van der Waals surface area contributed by atoms with E-state index in [2.05, 4.69) is 21.9 Å². The van der Waals surface area contributed by atoms with Crippen LogP contribution in [0.2, 0.25) is 0 Å². The zero-order valence-electron chi connectivity index (χ0n) is 16.4. The van der Waals surface area contributed by atoms with Crippen LogP contribution in [-0.4, -0.2) is 95.0 Å². The lowest BCUT2D eigenvalue weighted by Crippen LogP contribution is -2.47. The van der Waals surface area contributed by atoms with Gasteiger partial charge in [0, 0.05) is 70.7 Å². The first kappa shape index (κ1) is 19.1. The zero-order valence-corrected chi connectivity index (χ0v) is 16.4. The summed E-state index contributed by atoms with van der Waals surface area (Å²) >= 11 is 0. The average Bonchev–Trinajstić information content (AvgIpc) is 3.39. The second-order valence-electron chi connectivity index (χ2n) is 7.98. The molecule has 2 aliphatic heterocycles. The van der Waals surface area contributed by atoms with Crippen molar-refractivity contribution >= 4 is 5.91 Å². The van der Waals surface area contributed by atoms with Crippen molar-refractivity contribution in [2.45, 2.75) is 0 Å². The van der Waals surface area contributed by atoms with Gasteiger partial charge in [0.1, 0.15) is 0 Å². The number of hydrogen-bond donors (Lipinski definition) is 1. The molecule has 0 spiro atoms. The zero-order chi connectivity index (χ0) is 19.5. The number of carbonyl (C=O) groups is 1. The highest BCUT2D eigenvalue weighted by Gasteiger charge is 2.37. The molecule has 1 N–H and O–H groups in total. The number of aliphatic hydroxyl groups is 1. The highest BCUT2D eigenvalue weighted by molar-refractivity contribution is 5.98. The van der Waals surface area contributed by atoms with Crippen LogP contribution in [0, 0.1) is 11.8 Å². The Morgan fingerprint density at radius 1 is 1.11 bits per heavy atom. The van der Waals surface area contributed by atoms with E-state index in [9.17, 15) is 9.90 Å². The maximum absolute atomic E-state index is 13.3. The van der Waals surface area contributed by atoms with Gasteiger partial charge < -0.3 is 19.8 Å². The minimum atomic E-state index is 0.0189. The number of benzene rings is 1. The van der Waals surface area contributed by atoms with Crippen molar-refractivity contribution in [3.8, 4) is 5.69 Å². The van der Waals surface area contributed by atoms with Crippen LogP contribution in [0.1, 0.15) is 10.4 Å². The molecule has 2 aliphatic rings. The van der Waals surface area contributed by atoms with Gasteiger partial charge in [-0.15, -0.1) is 0 Å². The van der Waals surface area contributed by atoms with Crippen molar-refractivity contribution in [1.82, 2.24) is 24.5 Å². The molecule has 1 aromatic carbocycles. The fraction of sp³-hybridized carbons (Fsp3) is 0.524. The molecule has 1 aromatic heterocycles. The molecule has 0 unspecified atom stereocenters. The summed E-state index contributed by atoms with van der Waals surface area (Å²) in [4.78, 5) is 20.0. The van der Waals surface area contributed by atoms with Crippen LogP contribution in [0.5, 0.6) is 0 Å². The highest BCUT2D eigenvalue weighted by atomic mass is 16.3. The van der Waals surface area contributed by atoms with Crippen LogP contribution in [0.4, 0.5) is 0 Å². The molecule has 2 atom stereocenters. The Labute approximate surface area is 166 Å². The highest BCUT2D eigenvalue weighted by Crippen LogP contribution is 2.27. The van der Waals surface area contributed by atoms with E-state index in [-0.39, 0.29) is 18.4 Å². The SMILES string of the molecule is CN1CCN(C[C@@H]2CN(C(=O)c3ccccc3-n3cccn3)C[C@@H]2CO)CC1. The summed E-state index contributed by atoms with van der Waals surface area (Å²) < 4.78 is 1.73. The normalized spacial score (nSPS) is 24.0. The van der Waals surface area contributed by atoms with Gasteiger partial charge in [0.25, 0.3) is 5.91 Å². The maximum atomic E-state index is 13.3. The lowest BCUT2D eigenvalue weighted by atomic mass is 9.96. The molecule has 28 heavy (non-hydrogen) atoms. The summed E-state index contributed by atoms with van der Waals surface area (Å²) in [6.07, 6.45) is 3.56. The molecule has 2 fully saturated rings. The van der Waals surface area contributed by atoms with E-state index in [0.29, 0.717) is 24.6 Å². The van der Waals surface area contributed by atoms with E-state index in [1.165, 1.54) is 0 Å². The number of hydrogen-bond acceptors (Lipinski definition) is 5. The Morgan fingerprint density at radius 2 is 1.86 bits per heavy atom. The number of likely N-dealkylation sites (tertiary alicyclic amines) is 1. The first-order chi connectivity index (χ1) is 13.7. The van der Waals surface area contributed by atoms with Gasteiger partial charge in [-0.2, -0.15) is 5.10 Å². The van der Waals surface area contributed by atoms with Crippen molar-refractivity contribution < 1.29 is 9.90 Å². The minimum Gasteiger partial charge on any atom is -0.396 e. The standard InChI is InChI=1S/C21H29N5O2/c1-23-9-11-24(12-10-23)13-17-14-25(15-18(17)16-27)21(28)19-5-2-3-6-20(19)26-8-4-7-22-26/h2-8,17-18,27H,9-16H2,1H3/t17-,18-/m1/s1. The molecule has 3 heterocycles. The molecule has 150 valence electrons. The Kier molecular flexibility index (Phi) is 5.75. The van der Waals surface area contributed by atoms with Gasteiger partial charge in [0.2, 0.25) is 0 Å². The molecular weight excluding hydrogens is 354 g/mol. The smallest absolute Gasteiger partial charge is 0.256 e. The minimum absolute atomic E-state index is 0.0189. The van der Waals surface area contributed by atoms with Crippen LogP contribution in [0.25, 0.3) is 5.69 Å². The molecule has 2 saturated heterocycles. The third-order valence-corrected chi connectivity index (χ3v) is 6.07. The second kappa shape index (κ2) is 8.43. The van der Waals surface area contributed by atoms with E-state index in [4.69, 9.17) is 0 Å². The predicted octanol–water partition coefficient (Wildman–Crippen LogP) is 0.800. The van der Waals surface area contributed by atoms with Crippen molar-refractivity contribution in [1.29, 1.82) is 0 Å². The largest absolute Gasteiger partial charge is 0.396 e. The molecule has 0 aliphatic carbocycles. The fourth-order valence-corrected chi connectivity index (χ4v) is 4.32. The van der Waals surface area contributed by atoms with Gasteiger partial charge in [-0.25, -0.2) is 4.68 Å². The van der Waals surface area contributed by atoms with Gasteiger partial charge in [0.15, 0.2) is 0 Å². The number of aromatic nitrogens is 2. The third kappa shape index (κ3) is 3.97. The maximum Gasteiger partial charge on any atom is 0.256 e. The Morgan fingerprint density at radius 3 is 2.57 bits per heavy atom. The fourth-order valence-electron chi connectivity index (χ4n) is 4.32.